The van der Waals surface area contributed by atoms with E-state index in [1.807, 2.05) is 0 Å². The van der Waals surface area contributed by atoms with Gasteiger partial charge in [-0.1, -0.05) is 13.8 Å². The van der Waals surface area contributed by atoms with E-state index in [9.17, 15) is 4.79 Å². The molecule has 1 saturated carbocycles. The first-order valence-corrected chi connectivity index (χ1v) is 5.85. The van der Waals surface area contributed by atoms with E-state index in [4.69, 9.17) is 4.74 Å². The highest BCUT2D eigenvalue weighted by Gasteiger charge is 2.42. The van der Waals surface area contributed by atoms with E-state index in [-0.39, 0.29) is 5.78 Å². The molecule has 0 unspecified atom stereocenters. The van der Waals surface area contributed by atoms with Gasteiger partial charge in [-0.15, -0.1) is 0 Å². The van der Waals surface area contributed by atoms with Gasteiger partial charge in [0, 0.05) is 24.4 Å². The normalized spacial score (nSPS) is 18.1. The Bertz CT molecular complexity index is 210. The van der Waals surface area contributed by atoms with E-state index in [1.54, 1.807) is 6.92 Å². The number of nitrogens with one attached hydrogen (secondary N) is 1. The standard InChI is InChI=1S/C12H23NO2/c1-10(2)13-8-12(5-6-12)9-15-7-4-11(3)14/h10,13H,4-9H2,1-3H3. The summed E-state index contributed by atoms with van der Waals surface area (Å²) in [5.74, 6) is 0.208. The van der Waals surface area contributed by atoms with Crippen LogP contribution in [0.1, 0.15) is 40.0 Å². The quantitative estimate of drug-likeness (QED) is 0.624. The summed E-state index contributed by atoms with van der Waals surface area (Å²) in [6.07, 6.45) is 3.06. The Morgan fingerprint density at radius 2 is 2.13 bits per heavy atom. The molecule has 1 N–H and O–H groups in total. The van der Waals surface area contributed by atoms with Gasteiger partial charge in [0.05, 0.1) is 13.2 Å². The summed E-state index contributed by atoms with van der Waals surface area (Å²) in [6.45, 7) is 8.36. The summed E-state index contributed by atoms with van der Waals surface area (Å²) in [4.78, 5) is 10.7. The van der Waals surface area contributed by atoms with Gasteiger partial charge in [0.2, 0.25) is 0 Å². The molecule has 1 aliphatic rings. The number of ether oxygens (including phenoxy) is 1. The van der Waals surface area contributed by atoms with Crippen LogP contribution in [0.4, 0.5) is 0 Å². The third kappa shape index (κ3) is 5.28. The Balaban J connectivity index is 2.06. The zero-order chi connectivity index (χ0) is 11.3. The third-order valence-electron chi connectivity index (χ3n) is 2.85. The minimum atomic E-state index is 0.208. The molecule has 0 radical (unpaired) electrons. The van der Waals surface area contributed by atoms with Crippen molar-refractivity contribution in [3.8, 4) is 0 Å². The molecule has 0 heterocycles. The number of rotatable bonds is 8. The molecule has 1 aliphatic carbocycles. The van der Waals surface area contributed by atoms with E-state index in [1.165, 1.54) is 12.8 Å². The maximum Gasteiger partial charge on any atom is 0.132 e. The third-order valence-corrected chi connectivity index (χ3v) is 2.85. The highest BCUT2D eigenvalue weighted by Crippen LogP contribution is 2.45. The fourth-order valence-corrected chi connectivity index (χ4v) is 1.47. The van der Waals surface area contributed by atoms with Gasteiger partial charge in [-0.3, -0.25) is 4.79 Å². The van der Waals surface area contributed by atoms with Gasteiger partial charge in [0.25, 0.3) is 0 Å². The largest absolute Gasteiger partial charge is 0.380 e. The molecule has 0 aliphatic heterocycles. The predicted molar refractivity (Wildman–Crippen MR) is 60.9 cm³/mol. The summed E-state index contributed by atoms with van der Waals surface area (Å²) >= 11 is 0. The molecule has 0 saturated heterocycles. The first kappa shape index (κ1) is 12.7. The van der Waals surface area contributed by atoms with E-state index >= 15 is 0 Å². The van der Waals surface area contributed by atoms with Crippen molar-refractivity contribution in [1.29, 1.82) is 0 Å². The molecule has 0 amide bonds. The zero-order valence-electron chi connectivity index (χ0n) is 10.1. The molecule has 88 valence electrons. The van der Waals surface area contributed by atoms with Crippen LogP contribution < -0.4 is 5.32 Å². The molecule has 3 nitrogen and oxygen atoms in total. The van der Waals surface area contributed by atoms with Crippen LogP contribution in [0.15, 0.2) is 0 Å². The minimum Gasteiger partial charge on any atom is -0.380 e. The molecule has 1 fully saturated rings. The highest BCUT2D eigenvalue weighted by molar-refractivity contribution is 5.75. The van der Waals surface area contributed by atoms with Crippen LogP contribution in [0, 0.1) is 5.41 Å². The molecule has 0 aromatic heterocycles. The lowest BCUT2D eigenvalue weighted by molar-refractivity contribution is -0.118. The van der Waals surface area contributed by atoms with Gasteiger partial charge in [-0.05, 0) is 19.8 Å². The number of carbonyl (C=O) groups is 1. The second-order valence-electron chi connectivity index (χ2n) is 5.04. The molecule has 3 heteroatoms. The van der Waals surface area contributed by atoms with Gasteiger partial charge in [-0.2, -0.15) is 0 Å². The Labute approximate surface area is 92.6 Å². The van der Waals surface area contributed by atoms with Crippen LogP contribution in [0.25, 0.3) is 0 Å². The van der Waals surface area contributed by atoms with Gasteiger partial charge in [0.1, 0.15) is 5.78 Å². The second-order valence-corrected chi connectivity index (χ2v) is 5.04. The molecule has 0 aromatic rings. The van der Waals surface area contributed by atoms with Crippen molar-refractivity contribution in [2.45, 2.75) is 46.1 Å². The van der Waals surface area contributed by atoms with E-state index in [0.29, 0.717) is 24.5 Å². The summed E-state index contributed by atoms with van der Waals surface area (Å²) in [6, 6.07) is 0.541. The number of ketones is 1. The number of Topliss-reactive ketones (excluding diaryl/α,β-unsaturated/α-hetero) is 1. The zero-order valence-corrected chi connectivity index (χ0v) is 10.1. The van der Waals surface area contributed by atoms with Crippen LogP contribution in [0.3, 0.4) is 0 Å². The Kier molecular flexibility index (Phi) is 4.74. The average Bonchev–Trinajstić information content (AvgIpc) is 2.90. The van der Waals surface area contributed by atoms with Gasteiger partial charge in [-0.25, -0.2) is 0 Å². The SMILES string of the molecule is CC(=O)CCOCC1(CNC(C)C)CC1. The van der Waals surface area contributed by atoms with E-state index < -0.39 is 0 Å². The van der Waals surface area contributed by atoms with E-state index in [0.717, 1.165) is 13.2 Å². The molecular formula is C12H23NO2. The monoisotopic (exact) mass is 213 g/mol. The molecule has 15 heavy (non-hydrogen) atoms. The number of carbonyl (C=O) groups excluding carboxylic acids is 1. The molecule has 0 aromatic carbocycles. The lowest BCUT2D eigenvalue weighted by Crippen LogP contribution is -2.32. The molecule has 0 atom stereocenters. The topological polar surface area (TPSA) is 38.3 Å². The lowest BCUT2D eigenvalue weighted by Gasteiger charge is -2.17. The summed E-state index contributed by atoms with van der Waals surface area (Å²) in [7, 11) is 0. The van der Waals surface area contributed by atoms with Crippen LogP contribution in [-0.4, -0.2) is 31.6 Å². The summed E-state index contributed by atoms with van der Waals surface area (Å²) in [5.41, 5.74) is 0.376. The molecule has 0 bridgehead atoms. The first-order chi connectivity index (χ1) is 7.04. The maximum absolute atomic E-state index is 10.7. The van der Waals surface area contributed by atoms with Crippen molar-refractivity contribution in [2.75, 3.05) is 19.8 Å². The van der Waals surface area contributed by atoms with Crippen LogP contribution >= 0.6 is 0 Å². The van der Waals surface area contributed by atoms with Crippen LogP contribution in [0.5, 0.6) is 0 Å². The lowest BCUT2D eigenvalue weighted by atomic mass is 10.1. The predicted octanol–water partition coefficient (Wildman–Crippen LogP) is 1.76. The van der Waals surface area contributed by atoms with Crippen molar-refractivity contribution >= 4 is 5.78 Å². The molecular weight excluding hydrogens is 190 g/mol. The van der Waals surface area contributed by atoms with Crippen molar-refractivity contribution in [1.82, 2.24) is 5.32 Å². The summed E-state index contributed by atoms with van der Waals surface area (Å²) in [5, 5.41) is 3.45. The fraction of sp³-hybridized carbons (Fsp3) is 0.917. The molecule has 1 rings (SSSR count). The number of hydrogen-bond donors (Lipinski definition) is 1. The van der Waals surface area contributed by atoms with Crippen molar-refractivity contribution in [2.24, 2.45) is 5.41 Å². The summed E-state index contributed by atoms with van der Waals surface area (Å²) < 4.78 is 5.54. The smallest absolute Gasteiger partial charge is 0.132 e. The van der Waals surface area contributed by atoms with Crippen LogP contribution in [-0.2, 0) is 9.53 Å². The average molecular weight is 213 g/mol. The van der Waals surface area contributed by atoms with Gasteiger partial charge >= 0.3 is 0 Å². The van der Waals surface area contributed by atoms with Crippen LogP contribution in [0.2, 0.25) is 0 Å². The Morgan fingerprint density at radius 1 is 1.47 bits per heavy atom. The van der Waals surface area contributed by atoms with Crippen molar-refractivity contribution in [3.05, 3.63) is 0 Å². The molecule has 0 spiro atoms. The fourth-order valence-electron chi connectivity index (χ4n) is 1.47. The highest BCUT2D eigenvalue weighted by atomic mass is 16.5. The van der Waals surface area contributed by atoms with Gasteiger partial charge < -0.3 is 10.1 Å². The maximum atomic E-state index is 10.7. The van der Waals surface area contributed by atoms with Crippen molar-refractivity contribution in [3.63, 3.8) is 0 Å². The Morgan fingerprint density at radius 3 is 2.60 bits per heavy atom. The first-order valence-electron chi connectivity index (χ1n) is 5.85. The van der Waals surface area contributed by atoms with Gasteiger partial charge in [0.15, 0.2) is 0 Å². The number of hydrogen-bond acceptors (Lipinski definition) is 3. The Hall–Kier alpha value is -0.410. The van der Waals surface area contributed by atoms with E-state index in [2.05, 4.69) is 19.2 Å². The van der Waals surface area contributed by atoms with Crippen molar-refractivity contribution < 1.29 is 9.53 Å². The second kappa shape index (κ2) is 5.61. The minimum absolute atomic E-state index is 0.208.